The first kappa shape index (κ1) is 13.6. The zero-order chi connectivity index (χ0) is 13.7. The van der Waals surface area contributed by atoms with Gasteiger partial charge in [0.25, 0.3) is 5.56 Å². The van der Waals surface area contributed by atoms with E-state index >= 15 is 0 Å². The lowest BCUT2D eigenvalue weighted by Crippen LogP contribution is -2.37. The smallest absolute Gasteiger partial charge is 0.328 e. The molecule has 1 aromatic heterocycles. The molecule has 3 N–H and O–H groups in total. The van der Waals surface area contributed by atoms with Crippen LogP contribution in [0.15, 0.2) is 15.8 Å². The second kappa shape index (κ2) is 5.75. The Morgan fingerprint density at radius 2 is 2.11 bits per heavy atom. The van der Waals surface area contributed by atoms with Crippen molar-refractivity contribution < 1.29 is 19.1 Å². The maximum absolute atomic E-state index is 12.9. The van der Waals surface area contributed by atoms with Crippen LogP contribution in [0.5, 0.6) is 0 Å². The number of aliphatic carboxylic acids is 1. The van der Waals surface area contributed by atoms with Crippen LogP contribution in [0.3, 0.4) is 0 Å². The molecular weight excluding hydrogens is 249 g/mol. The Bertz CT molecular complexity index is 576. The molecule has 0 aliphatic carbocycles. The van der Waals surface area contributed by atoms with Crippen molar-refractivity contribution in [1.82, 2.24) is 14.9 Å². The molecule has 0 unspecified atom stereocenters. The molecule has 9 heteroatoms. The number of H-pyrrole nitrogens is 1. The van der Waals surface area contributed by atoms with Gasteiger partial charge in [0.2, 0.25) is 11.7 Å². The molecule has 0 fully saturated rings. The minimum Gasteiger partial charge on any atom is -0.481 e. The van der Waals surface area contributed by atoms with E-state index in [2.05, 4.69) is 5.32 Å². The largest absolute Gasteiger partial charge is 0.481 e. The normalized spacial score (nSPS) is 10.1. The Hall–Kier alpha value is -2.45. The lowest BCUT2D eigenvalue weighted by Gasteiger charge is -2.05. The van der Waals surface area contributed by atoms with Crippen molar-refractivity contribution in [3.8, 4) is 0 Å². The van der Waals surface area contributed by atoms with Crippen molar-refractivity contribution in [3.63, 3.8) is 0 Å². The Morgan fingerprint density at radius 1 is 1.44 bits per heavy atom. The quantitative estimate of drug-likeness (QED) is 0.580. The van der Waals surface area contributed by atoms with Gasteiger partial charge < -0.3 is 10.4 Å². The van der Waals surface area contributed by atoms with Crippen LogP contribution >= 0.6 is 0 Å². The fourth-order valence-corrected chi connectivity index (χ4v) is 1.12. The number of aromatic amines is 1. The molecule has 1 rings (SSSR count). The van der Waals surface area contributed by atoms with Gasteiger partial charge in [0, 0.05) is 6.54 Å². The summed E-state index contributed by atoms with van der Waals surface area (Å²) in [4.78, 5) is 45.0. The zero-order valence-corrected chi connectivity index (χ0v) is 9.10. The zero-order valence-electron chi connectivity index (χ0n) is 9.10. The highest BCUT2D eigenvalue weighted by Crippen LogP contribution is 1.85. The lowest BCUT2D eigenvalue weighted by atomic mass is 10.4. The minimum absolute atomic E-state index is 0.102. The topological polar surface area (TPSA) is 121 Å². The van der Waals surface area contributed by atoms with E-state index < -0.39 is 35.5 Å². The molecule has 1 heterocycles. The predicted molar refractivity (Wildman–Crippen MR) is 56.5 cm³/mol. The van der Waals surface area contributed by atoms with Crippen LogP contribution in [0.25, 0.3) is 0 Å². The third-order valence-electron chi connectivity index (χ3n) is 1.94. The summed E-state index contributed by atoms with van der Waals surface area (Å²) in [5, 5.41) is 10.6. The summed E-state index contributed by atoms with van der Waals surface area (Å²) in [6, 6.07) is 0. The van der Waals surface area contributed by atoms with Crippen LogP contribution in [0.2, 0.25) is 0 Å². The predicted octanol–water partition coefficient (Wildman–Crippen LogP) is -1.73. The number of carboxylic acid groups (broad SMARTS) is 1. The van der Waals surface area contributed by atoms with Crippen LogP contribution in [-0.2, 0) is 16.1 Å². The summed E-state index contributed by atoms with van der Waals surface area (Å²) in [6.45, 7) is -0.610. The molecule has 0 aliphatic rings. The third kappa shape index (κ3) is 3.85. The number of carbonyl (C=O) groups excluding carboxylic acids is 1. The van der Waals surface area contributed by atoms with E-state index in [9.17, 15) is 23.6 Å². The molecule has 0 saturated carbocycles. The molecule has 98 valence electrons. The van der Waals surface area contributed by atoms with Crippen molar-refractivity contribution >= 4 is 11.9 Å². The van der Waals surface area contributed by atoms with Gasteiger partial charge in [-0.3, -0.25) is 23.9 Å². The van der Waals surface area contributed by atoms with E-state index in [0.717, 1.165) is 0 Å². The molecule has 0 atom stereocenters. The first-order chi connectivity index (χ1) is 8.40. The van der Waals surface area contributed by atoms with E-state index in [0.29, 0.717) is 10.8 Å². The van der Waals surface area contributed by atoms with Crippen LogP contribution in [0.1, 0.15) is 6.42 Å². The molecule has 0 radical (unpaired) electrons. The Kier molecular flexibility index (Phi) is 4.35. The number of carbonyl (C=O) groups is 2. The number of hydrogen-bond acceptors (Lipinski definition) is 4. The van der Waals surface area contributed by atoms with Crippen LogP contribution in [0, 0.1) is 5.82 Å². The molecule has 1 amide bonds. The molecule has 8 nitrogen and oxygen atoms in total. The average molecular weight is 259 g/mol. The molecule has 0 aromatic carbocycles. The van der Waals surface area contributed by atoms with Crippen molar-refractivity contribution in [3.05, 3.63) is 32.9 Å². The van der Waals surface area contributed by atoms with Crippen molar-refractivity contribution in [2.45, 2.75) is 13.0 Å². The molecule has 0 spiro atoms. The van der Waals surface area contributed by atoms with Gasteiger partial charge in [0.15, 0.2) is 0 Å². The van der Waals surface area contributed by atoms with E-state index in [1.807, 2.05) is 0 Å². The van der Waals surface area contributed by atoms with Crippen LogP contribution in [-0.4, -0.2) is 33.1 Å². The van der Waals surface area contributed by atoms with E-state index in [1.165, 1.54) is 0 Å². The standard InChI is InChI=1S/C9H10FN3O5/c10-5-3-13(9(18)12-8(5)17)4-6(14)11-2-1-7(15)16/h3H,1-2,4H2,(H,11,14)(H,15,16)(H,12,17,18). The lowest BCUT2D eigenvalue weighted by molar-refractivity contribution is -0.136. The van der Waals surface area contributed by atoms with Crippen LogP contribution in [0.4, 0.5) is 4.39 Å². The molecule has 0 aliphatic heterocycles. The van der Waals surface area contributed by atoms with Crippen molar-refractivity contribution in [2.75, 3.05) is 6.54 Å². The molecule has 0 saturated heterocycles. The number of carboxylic acids is 1. The Balaban J connectivity index is 2.65. The molecule has 18 heavy (non-hydrogen) atoms. The number of nitrogens with zero attached hydrogens (tertiary/aromatic N) is 1. The number of nitrogens with one attached hydrogen (secondary N) is 2. The minimum atomic E-state index is -1.19. The van der Waals surface area contributed by atoms with Crippen LogP contribution < -0.4 is 16.6 Å². The highest BCUT2D eigenvalue weighted by atomic mass is 19.1. The first-order valence-corrected chi connectivity index (χ1v) is 4.88. The Morgan fingerprint density at radius 3 is 2.72 bits per heavy atom. The molecule has 1 aromatic rings. The number of rotatable bonds is 5. The second-order valence-corrected chi connectivity index (χ2v) is 3.36. The maximum Gasteiger partial charge on any atom is 0.328 e. The van der Waals surface area contributed by atoms with Gasteiger partial charge in [0.1, 0.15) is 6.54 Å². The summed E-state index contributed by atoms with van der Waals surface area (Å²) in [5.41, 5.74) is -2.09. The average Bonchev–Trinajstić information content (AvgIpc) is 2.25. The summed E-state index contributed by atoms with van der Waals surface area (Å²) >= 11 is 0. The third-order valence-corrected chi connectivity index (χ3v) is 1.94. The molecule has 0 bridgehead atoms. The van der Waals surface area contributed by atoms with Gasteiger partial charge in [-0.1, -0.05) is 0 Å². The number of halogens is 1. The van der Waals surface area contributed by atoms with E-state index in [4.69, 9.17) is 5.11 Å². The number of hydrogen-bond donors (Lipinski definition) is 3. The Labute approximate surface area is 99.1 Å². The van der Waals surface area contributed by atoms with Gasteiger partial charge in [0.05, 0.1) is 12.6 Å². The second-order valence-electron chi connectivity index (χ2n) is 3.36. The highest BCUT2D eigenvalue weighted by Gasteiger charge is 2.08. The monoisotopic (exact) mass is 259 g/mol. The molecular formula is C9H10FN3O5. The summed E-state index contributed by atoms with van der Waals surface area (Å²) < 4.78 is 13.5. The van der Waals surface area contributed by atoms with Crippen molar-refractivity contribution in [1.29, 1.82) is 0 Å². The van der Waals surface area contributed by atoms with Gasteiger partial charge in [-0.15, -0.1) is 0 Å². The van der Waals surface area contributed by atoms with Gasteiger partial charge in [-0.2, -0.15) is 4.39 Å². The summed E-state index contributed by atoms with van der Waals surface area (Å²) in [6.07, 6.45) is 0.346. The van der Waals surface area contributed by atoms with Gasteiger partial charge >= 0.3 is 11.7 Å². The fraction of sp³-hybridized carbons (Fsp3) is 0.333. The first-order valence-electron chi connectivity index (χ1n) is 4.88. The fourth-order valence-electron chi connectivity index (χ4n) is 1.12. The SMILES string of the molecule is O=C(O)CCNC(=O)Cn1cc(F)c(=O)[nH]c1=O. The highest BCUT2D eigenvalue weighted by molar-refractivity contribution is 5.76. The number of amides is 1. The van der Waals surface area contributed by atoms with Gasteiger partial charge in [-0.25, -0.2) is 4.79 Å². The summed E-state index contributed by atoms with van der Waals surface area (Å²) in [5.74, 6) is -2.93. The summed E-state index contributed by atoms with van der Waals surface area (Å²) in [7, 11) is 0. The maximum atomic E-state index is 12.9. The van der Waals surface area contributed by atoms with Crippen molar-refractivity contribution in [2.24, 2.45) is 0 Å². The van der Waals surface area contributed by atoms with Gasteiger partial charge in [-0.05, 0) is 0 Å². The van der Waals surface area contributed by atoms with E-state index in [-0.39, 0.29) is 13.0 Å². The number of aromatic nitrogens is 2. The van der Waals surface area contributed by atoms with E-state index in [1.54, 1.807) is 4.98 Å².